The maximum absolute atomic E-state index is 12.4. The average molecular weight is 331 g/mol. The summed E-state index contributed by atoms with van der Waals surface area (Å²) in [5, 5.41) is 0.784. The minimum Gasteiger partial charge on any atom is -0.224 e. The van der Waals surface area contributed by atoms with Crippen molar-refractivity contribution in [1.82, 2.24) is 0 Å². The van der Waals surface area contributed by atoms with Crippen molar-refractivity contribution in [2.45, 2.75) is 37.0 Å². The molecule has 0 spiro atoms. The molecule has 4 heteroatoms. The Labute approximate surface area is 118 Å². The van der Waals surface area contributed by atoms with Crippen molar-refractivity contribution in [1.29, 1.82) is 0 Å². The van der Waals surface area contributed by atoms with Gasteiger partial charge in [0.1, 0.15) is 0 Å². The van der Waals surface area contributed by atoms with Crippen LogP contribution in [0, 0.1) is 5.41 Å². The number of benzene rings is 1. The van der Waals surface area contributed by atoms with Crippen LogP contribution in [0.3, 0.4) is 0 Å². The average Bonchev–Trinajstić information content (AvgIpc) is 2.40. The van der Waals surface area contributed by atoms with Gasteiger partial charge in [-0.25, -0.2) is 8.42 Å². The van der Waals surface area contributed by atoms with E-state index in [-0.39, 0.29) is 11.2 Å². The summed E-state index contributed by atoms with van der Waals surface area (Å²) in [6.45, 7) is 0. The van der Waals surface area contributed by atoms with Crippen molar-refractivity contribution >= 4 is 25.8 Å². The van der Waals surface area contributed by atoms with Crippen LogP contribution >= 0.6 is 15.9 Å². The summed E-state index contributed by atoms with van der Waals surface area (Å²) in [5.41, 5.74) is -0.0626. The van der Waals surface area contributed by atoms with Crippen LogP contribution in [0.2, 0.25) is 0 Å². The van der Waals surface area contributed by atoms with Gasteiger partial charge < -0.3 is 0 Å². The first-order chi connectivity index (χ1) is 8.58. The second-order valence-electron chi connectivity index (χ2n) is 5.27. The molecule has 1 saturated carbocycles. The highest BCUT2D eigenvalue weighted by molar-refractivity contribution is 9.09. The monoisotopic (exact) mass is 330 g/mol. The Bertz CT molecular complexity index is 476. The first-order valence-corrected chi connectivity index (χ1v) is 9.19. The third-order valence-electron chi connectivity index (χ3n) is 3.80. The van der Waals surface area contributed by atoms with E-state index in [0.29, 0.717) is 4.90 Å². The molecule has 0 N–H and O–H groups in total. The Morgan fingerprint density at radius 1 is 1.06 bits per heavy atom. The highest BCUT2D eigenvalue weighted by atomic mass is 79.9. The number of halogens is 1. The van der Waals surface area contributed by atoms with Crippen LogP contribution in [0.15, 0.2) is 35.2 Å². The lowest BCUT2D eigenvalue weighted by atomic mass is 9.77. The lowest BCUT2D eigenvalue weighted by Gasteiger charge is -2.35. The van der Waals surface area contributed by atoms with E-state index < -0.39 is 9.84 Å². The van der Waals surface area contributed by atoms with E-state index >= 15 is 0 Å². The van der Waals surface area contributed by atoms with E-state index in [2.05, 4.69) is 15.9 Å². The summed E-state index contributed by atoms with van der Waals surface area (Å²) >= 11 is 3.53. The molecule has 0 saturated heterocycles. The minimum absolute atomic E-state index is 0.0626. The molecule has 0 aromatic heterocycles. The van der Waals surface area contributed by atoms with Gasteiger partial charge in [-0.3, -0.25) is 0 Å². The zero-order valence-corrected chi connectivity index (χ0v) is 12.8. The lowest BCUT2D eigenvalue weighted by Crippen LogP contribution is -2.34. The fourth-order valence-electron chi connectivity index (χ4n) is 2.73. The number of alkyl halides is 1. The second kappa shape index (κ2) is 5.74. The number of hydrogen-bond acceptors (Lipinski definition) is 2. The highest BCUT2D eigenvalue weighted by Crippen LogP contribution is 2.40. The molecule has 18 heavy (non-hydrogen) atoms. The number of hydrogen-bond donors (Lipinski definition) is 0. The summed E-state index contributed by atoms with van der Waals surface area (Å²) in [7, 11) is -3.16. The van der Waals surface area contributed by atoms with Crippen molar-refractivity contribution in [3.05, 3.63) is 30.3 Å². The Balaban J connectivity index is 2.21. The summed E-state index contributed by atoms with van der Waals surface area (Å²) in [5.74, 6) is 0.273. The fourth-order valence-corrected chi connectivity index (χ4v) is 5.69. The van der Waals surface area contributed by atoms with Gasteiger partial charge in [-0.2, -0.15) is 0 Å². The molecule has 0 amide bonds. The van der Waals surface area contributed by atoms with Gasteiger partial charge in [0.25, 0.3) is 0 Å². The zero-order chi connectivity index (χ0) is 13.1. The van der Waals surface area contributed by atoms with Gasteiger partial charge >= 0.3 is 0 Å². The molecule has 0 bridgehead atoms. The molecule has 1 fully saturated rings. The first kappa shape index (κ1) is 14.1. The molecule has 0 atom stereocenters. The third kappa shape index (κ3) is 3.15. The molecular formula is C14H19BrO2S. The van der Waals surface area contributed by atoms with Crippen LogP contribution in [0.5, 0.6) is 0 Å². The highest BCUT2D eigenvalue weighted by Gasteiger charge is 2.36. The molecule has 0 heterocycles. The Morgan fingerprint density at radius 2 is 1.67 bits per heavy atom. The minimum atomic E-state index is -3.16. The lowest BCUT2D eigenvalue weighted by molar-refractivity contribution is 0.256. The van der Waals surface area contributed by atoms with E-state index in [1.165, 1.54) is 6.42 Å². The Kier molecular flexibility index (Phi) is 4.49. The van der Waals surface area contributed by atoms with Crippen molar-refractivity contribution < 1.29 is 8.42 Å². The Morgan fingerprint density at radius 3 is 2.22 bits per heavy atom. The largest absolute Gasteiger partial charge is 0.224 e. The zero-order valence-electron chi connectivity index (χ0n) is 10.4. The molecule has 0 aliphatic heterocycles. The maximum atomic E-state index is 12.4. The molecule has 0 unspecified atom stereocenters. The smallest absolute Gasteiger partial charge is 0.178 e. The second-order valence-corrected chi connectivity index (χ2v) is 7.82. The predicted octanol–water partition coefficient (Wildman–Crippen LogP) is 3.81. The van der Waals surface area contributed by atoms with Gasteiger partial charge in [-0.05, 0) is 30.4 Å². The van der Waals surface area contributed by atoms with E-state index in [9.17, 15) is 8.42 Å². The molecule has 1 aromatic carbocycles. The van der Waals surface area contributed by atoms with Crippen LogP contribution in [0.4, 0.5) is 0 Å². The van der Waals surface area contributed by atoms with Gasteiger partial charge in [0.2, 0.25) is 0 Å². The normalized spacial score (nSPS) is 19.6. The molecule has 2 nitrogen and oxygen atoms in total. The van der Waals surface area contributed by atoms with Gasteiger partial charge in [0.05, 0.1) is 10.6 Å². The summed E-state index contributed by atoms with van der Waals surface area (Å²) in [6, 6.07) is 8.81. The molecule has 2 rings (SSSR count). The number of sulfone groups is 1. The maximum Gasteiger partial charge on any atom is 0.178 e. The van der Waals surface area contributed by atoms with Crippen LogP contribution in [0.1, 0.15) is 32.1 Å². The summed E-state index contributed by atoms with van der Waals surface area (Å²) < 4.78 is 24.9. The van der Waals surface area contributed by atoms with Gasteiger partial charge in [0, 0.05) is 5.33 Å². The van der Waals surface area contributed by atoms with Crippen molar-refractivity contribution in [3.63, 3.8) is 0 Å². The molecule has 1 aliphatic rings. The van der Waals surface area contributed by atoms with Gasteiger partial charge in [0.15, 0.2) is 9.84 Å². The molecule has 1 aromatic rings. The molecule has 100 valence electrons. The quantitative estimate of drug-likeness (QED) is 0.787. The SMILES string of the molecule is O=S(=O)(CC1(CBr)CCCCC1)c1ccccc1. The van der Waals surface area contributed by atoms with Crippen LogP contribution in [-0.2, 0) is 9.84 Å². The first-order valence-electron chi connectivity index (χ1n) is 6.42. The van der Waals surface area contributed by atoms with Crippen LogP contribution < -0.4 is 0 Å². The van der Waals surface area contributed by atoms with E-state index in [1.807, 2.05) is 6.07 Å². The topological polar surface area (TPSA) is 34.1 Å². The van der Waals surface area contributed by atoms with E-state index in [4.69, 9.17) is 0 Å². The van der Waals surface area contributed by atoms with Crippen LogP contribution in [-0.4, -0.2) is 19.5 Å². The molecular weight excluding hydrogens is 312 g/mol. The third-order valence-corrected chi connectivity index (χ3v) is 6.97. The molecule has 1 aliphatic carbocycles. The van der Waals surface area contributed by atoms with Crippen molar-refractivity contribution in [3.8, 4) is 0 Å². The van der Waals surface area contributed by atoms with E-state index in [0.717, 1.165) is 31.0 Å². The van der Waals surface area contributed by atoms with Crippen molar-refractivity contribution in [2.75, 3.05) is 11.1 Å². The van der Waals surface area contributed by atoms with Gasteiger partial charge in [-0.1, -0.05) is 53.4 Å². The van der Waals surface area contributed by atoms with E-state index in [1.54, 1.807) is 24.3 Å². The standard InChI is InChI=1S/C14H19BrO2S/c15-11-14(9-5-2-6-10-14)12-18(16,17)13-7-3-1-4-8-13/h1,3-4,7-8H,2,5-6,9-12H2. The fraction of sp³-hybridized carbons (Fsp3) is 0.571. The Hall–Kier alpha value is -0.350. The van der Waals surface area contributed by atoms with Gasteiger partial charge in [-0.15, -0.1) is 0 Å². The predicted molar refractivity (Wildman–Crippen MR) is 77.8 cm³/mol. The summed E-state index contributed by atoms with van der Waals surface area (Å²) in [6.07, 6.45) is 5.57. The molecule has 0 radical (unpaired) electrons. The summed E-state index contributed by atoms with van der Waals surface area (Å²) in [4.78, 5) is 0.455. The van der Waals surface area contributed by atoms with Crippen LogP contribution in [0.25, 0.3) is 0 Å². The van der Waals surface area contributed by atoms with Crippen molar-refractivity contribution in [2.24, 2.45) is 5.41 Å². The number of rotatable bonds is 4.